The van der Waals surface area contributed by atoms with Crippen molar-refractivity contribution in [2.75, 3.05) is 19.7 Å². The molecule has 0 amide bonds. The van der Waals surface area contributed by atoms with Gasteiger partial charge in [-0.25, -0.2) is 9.59 Å². The Labute approximate surface area is 397 Å². The number of aliphatic hydroxyl groups is 6. The zero-order chi connectivity index (χ0) is 50.9. The van der Waals surface area contributed by atoms with Crippen molar-refractivity contribution >= 4 is 22.8 Å². The van der Waals surface area contributed by atoms with Gasteiger partial charge >= 0.3 is 11.9 Å². The van der Waals surface area contributed by atoms with Crippen molar-refractivity contribution in [1.82, 2.24) is 10.3 Å². The van der Waals surface area contributed by atoms with Gasteiger partial charge in [0.25, 0.3) is 0 Å². The topological polar surface area (TPSA) is 428 Å². The van der Waals surface area contributed by atoms with Gasteiger partial charge in [0, 0.05) is 54.8 Å². The molecule has 0 spiro atoms. The second-order valence-corrected chi connectivity index (χ2v) is 17.7. The normalized spacial score (nSPS) is 31.8. The number of fused-ring (bicyclic) bond motifs is 2. The van der Waals surface area contributed by atoms with Gasteiger partial charge in [-0.2, -0.15) is 0 Å². The van der Waals surface area contributed by atoms with Crippen LogP contribution in [0.3, 0.4) is 0 Å². The predicted octanol–water partition coefficient (Wildman–Crippen LogP) is -3.44. The van der Waals surface area contributed by atoms with E-state index < -0.39 is 110 Å². The van der Waals surface area contributed by atoms with E-state index in [0.717, 1.165) is 25.7 Å². The maximum absolute atomic E-state index is 11.6. The van der Waals surface area contributed by atoms with Crippen LogP contribution in [-0.4, -0.2) is 174 Å². The van der Waals surface area contributed by atoms with E-state index in [-0.39, 0.29) is 30.7 Å². The van der Waals surface area contributed by atoms with Crippen LogP contribution in [0.5, 0.6) is 5.75 Å². The molecular weight excluding hydrogens is 907 g/mol. The van der Waals surface area contributed by atoms with Crippen molar-refractivity contribution in [1.29, 1.82) is 0 Å². The number of aryl methyl sites for hydroxylation is 2. The summed E-state index contributed by atoms with van der Waals surface area (Å²) in [5, 5.41) is 91.3. The van der Waals surface area contributed by atoms with Gasteiger partial charge in [0.15, 0.2) is 12.6 Å². The van der Waals surface area contributed by atoms with Crippen molar-refractivity contribution in [3.8, 4) is 5.75 Å². The summed E-state index contributed by atoms with van der Waals surface area (Å²) in [6, 6.07) is 8.04. The van der Waals surface area contributed by atoms with E-state index in [4.69, 9.17) is 57.8 Å². The summed E-state index contributed by atoms with van der Waals surface area (Å²) in [6.45, 7) is 4.33. The van der Waals surface area contributed by atoms with Gasteiger partial charge in [-0.1, -0.05) is 32.0 Å². The summed E-state index contributed by atoms with van der Waals surface area (Å²) >= 11 is 0. The van der Waals surface area contributed by atoms with Gasteiger partial charge in [-0.15, -0.1) is 0 Å². The van der Waals surface area contributed by atoms with Gasteiger partial charge in [0.2, 0.25) is 5.56 Å². The van der Waals surface area contributed by atoms with E-state index in [1.807, 2.05) is 0 Å². The smallest absolute Gasteiger partial charge is 0.328 e. The Hall–Kier alpha value is -4.51. The first-order valence-corrected chi connectivity index (χ1v) is 22.9. The van der Waals surface area contributed by atoms with E-state index in [9.17, 15) is 50.1 Å². The van der Waals surface area contributed by atoms with E-state index in [0.29, 0.717) is 41.2 Å². The number of carbonyl (C=O) groups is 2. The number of H-pyrrole nitrogens is 1. The van der Waals surface area contributed by atoms with Crippen LogP contribution in [0.25, 0.3) is 10.9 Å². The Bertz CT molecular complexity index is 2220. The molecule has 1 aromatic heterocycles. The summed E-state index contributed by atoms with van der Waals surface area (Å²) in [6.07, 6.45) is -6.31. The molecule has 15 atom stereocenters. The molecule has 2 saturated heterocycles. The lowest BCUT2D eigenvalue weighted by Crippen LogP contribution is -2.68. The van der Waals surface area contributed by atoms with Crippen LogP contribution >= 0.6 is 0 Å². The molecule has 3 heterocycles. The first-order chi connectivity index (χ1) is 32.7. The summed E-state index contributed by atoms with van der Waals surface area (Å²) in [7, 11) is 0. The summed E-state index contributed by atoms with van der Waals surface area (Å²) in [5.41, 5.74) is 36.3. The van der Waals surface area contributed by atoms with Crippen LogP contribution in [0.15, 0.2) is 53.3 Å². The van der Waals surface area contributed by atoms with Crippen LogP contribution in [0, 0.1) is 0 Å². The molecule has 0 unspecified atom stereocenters. The van der Waals surface area contributed by atoms with E-state index in [2.05, 4.69) is 36.3 Å². The first kappa shape index (κ1) is 55.4. The lowest BCUT2D eigenvalue weighted by atomic mass is 9.84. The number of nitrogens with two attached hydrogens (primary N) is 5. The quantitative estimate of drug-likeness (QED) is 0.0699. The number of ether oxygens (including phenoxy) is 4. The summed E-state index contributed by atoms with van der Waals surface area (Å²) in [5.74, 6) is -2.51. The van der Waals surface area contributed by atoms with Gasteiger partial charge in [0.05, 0.1) is 42.5 Å². The monoisotopic (exact) mass is 975 g/mol. The number of pyridine rings is 1. The standard InChI is InChI=1S/C24H28N2O3.C18H37N5O9.C4H4O4/c1-3-14-9-16-11-18(12-17(16)10-15(14)4-2)25-13-22(28)19-5-7-21(27)24-20(19)6-8-23(29)26-24;19-3-9-8(25)2-7(22)17(29-9)31-15-5(20)1-6(21)16(14(15)28)32-18-13(27)11(23)12(26)10(4-24)30-18;5-3(6)1-2-4(7)8/h5-10,18,22,25,27-28H,3-4,11-13H2,1-2H3,(H,26,29);5-18,24-28H,1-4,19-23H2;1-2H,(H,5,6)(H,7,8)/b;;2-1-/t22-;5-,6+,7+,8-,9+,10+,11-,12+,13+,14-,15+,16-,17+,18+;/m00./s1. The second-order valence-electron chi connectivity index (χ2n) is 17.7. The Morgan fingerprint density at radius 1 is 0.812 bits per heavy atom. The number of aromatic nitrogens is 1. The highest BCUT2D eigenvalue weighted by Gasteiger charge is 2.50. The Kier molecular flexibility index (Phi) is 20.1. The average Bonchev–Trinajstić information content (AvgIpc) is 3.72. The molecule has 4 aliphatic rings. The molecule has 2 aliphatic carbocycles. The molecule has 1 saturated carbocycles. The maximum atomic E-state index is 11.6. The molecule has 7 rings (SSSR count). The van der Waals surface area contributed by atoms with E-state index in [1.54, 1.807) is 12.1 Å². The number of hydrogen-bond donors (Lipinski definition) is 16. The van der Waals surface area contributed by atoms with Gasteiger partial charge in [-0.3, -0.25) is 4.79 Å². The third-order valence-corrected chi connectivity index (χ3v) is 12.9. The molecule has 0 radical (unpaired) electrons. The SMILES string of the molecule is CCc1cc2c(cc1CC)CC(NC[C@H](O)c1ccc(O)c3[nH]c(=O)ccc13)C2.NC[C@H]1O[C@H](O[C@H]2[C@H](O)[C@@H](O[C@H]3O[C@H](CO)[C@@H](O)[C@H](N)[C@H]3O)[C@H](N)C[C@@H]2N)[C@H](N)C[C@@H]1O.O=C(O)/C=C\C(=O)O. The molecular formula is C46H69N7O16. The number of aromatic hydroxyl groups is 1. The van der Waals surface area contributed by atoms with Crippen LogP contribution in [0.2, 0.25) is 0 Å². The number of carboxylic acids is 2. The lowest BCUT2D eigenvalue weighted by Gasteiger charge is -2.47. The fourth-order valence-corrected chi connectivity index (χ4v) is 9.09. The highest BCUT2D eigenvalue weighted by Crippen LogP contribution is 2.33. The largest absolute Gasteiger partial charge is 0.506 e. The van der Waals surface area contributed by atoms with Crippen molar-refractivity contribution in [2.45, 2.75) is 150 Å². The molecule has 23 heteroatoms. The van der Waals surface area contributed by atoms with Crippen LogP contribution in [-0.2, 0) is 54.2 Å². The molecule has 21 N–H and O–H groups in total. The number of nitrogens with one attached hydrogen (secondary N) is 2. The third-order valence-electron chi connectivity index (χ3n) is 12.9. The number of aliphatic hydroxyl groups excluding tert-OH is 6. The van der Waals surface area contributed by atoms with Gasteiger partial charge in [-0.05, 0) is 78.5 Å². The number of aliphatic carboxylic acids is 2. The molecule has 3 aromatic rings. The zero-order valence-corrected chi connectivity index (χ0v) is 38.5. The maximum Gasteiger partial charge on any atom is 0.328 e. The van der Waals surface area contributed by atoms with Crippen molar-refractivity contribution < 1.29 is 74.5 Å². The number of rotatable bonds is 14. The van der Waals surface area contributed by atoms with Crippen LogP contribution in [0.4, 0.5) is 0 Å². The number of aromatic amines is 1. The minimum Gasteiger partial charge on any atom is -0.506 e. The van der Waals surface area contributed by atoms with E-state index in [1.165, 1.54) is 34.4 Å². The molecule has 0 bridgehead atoms. The highest BCUT2D eigenvalue weighted by molar-refractivity contribution is 5.89. The zero-order valence-electron chi connectivity index (χ0n) is 38.5. The molecule has 3 fully saturated rings. The fourth-order valence-electron chi connectivity index (χ4n) is 9.09. The number of phenols is 1. The lowest BCUT2D eigenvalue weighted by molar-refractivity contribution is -0.314. The Morgan fingerprint density at radius 3 is 1.91 bits per heavy atom. The van der Waals surface area contributed by atoms with Crippen molar-refractivity contribution in [3.63, 3.8) is 0 Å². The predicted molar refractivity (Wildman–Crippen MR) is 248 cm³/mol. The average molecular weight is 976 g/mol. The van der Waals surface area contributed by atoms with Crippen LogP contribution < -0.4 is 39.5 Å². The molecule has 2 aromatic carbocycles. The molecule has 69 heavy (non-hydrogen) atoms. The number of carboxylic acid groups (broad SMARTS) is 2. The Morgan fingerprint density at radius 2 is 1.38 bits per heavy atom. The Balaban J connectivity index is 0.000000223. The third kappa shape index (κ3) is 13.9. The van der Waals surface area contributed by atoms with Gasteiger partial charge in [0.1, 0.15) is 42.4 Å². The second kappa shape index (κ2) is 25.0. The highest BCUT2D eigenvalue weighted by atomic mass is 16.7. The number of benzene rings is 2. The van der Waals surface area contributed by atoms with E-state index >= 15 is 0 Å². The molecule has 2 aliphatic heterocycles. The van der Waals surface area contributed by atoms with Crippen molar-refractivity contribution in [2.24, 2.45) is 28.7 Å². The summed E-state index contributed by atoms with van der Waals surface area (Å²) in [4.78, 5) is 33.3. The fraction of sp³-hybridized carbons (Fsp3) is 0.587. The number of hydrogen-bond acceptors (Lipinski definition) is 20. The molecule has 23 nitrogen and oxygen atoms in total. The minimum absolute atomic E-state index is 0.00584. The van der Waals surface area contributed by atoms with Crippen LogP contribution in [0.1, 0.15) is 60.6 Å². The number of phenolic OH excluding ortho intramolecular Hbond substituents is 1. The molecule has 384 valence electrons. The van der Waals surface area contributed by atoms with Crippen molar-refractivity contribution in [3.05, 3.63) is 86.7 Å². The van der Waals surface area contributed by atoms with Gasteiger partial charge < -0.3 is 104 Å². The first-order valence-electron chi connectivity index (χ1n) is 22.9. The minimum atomic E-state index is -1.44. The summed E-state index contributed by atoms with van der Waals surface area (Å²) < 4.78 is 22.7.